The number of allylic oxidation sites excluding steroid dienone is 8. The molecule has 0 saturated heterocycles. The van der Waals surface area contributed by atoms with E-state index in [0.717, 1.165) is 6.07 Å². The SMILES string of the molecule is N#CC(C#N)=C1C(c2cc(F)c(F)cc2C#N)=C(C#N)c2c(C#N)c3c(c(C#N)c21)C(C#N)=C(c1cc(F)c(C#N)cc1C#N)C3=C(C#N)C#N. The van der Waals surface area contributed by atoms with Gasteiger partial charge in [0.25, 0.3) is 0 Å². The van der Waals surface area contributed by atoms with Crippen molar-refractivity contribution >= 4 is 33.4 Å². The number of benzene rings is 3. The van der Waals surface area contributed by atoms with Gasteiger partial charge in [0, 0.05) is 55.7 Å². The van der Waals surface area contributed by atoms with Crippen LogP contribution in [-0.2, 0) is 0 Å². The molecule has 51 heavy (non-hydrogen) atoms. The number of halogens is 3. The smallest absolute Gasteiger partial charge is 0.160 e. The van der Waals surface area contributed by atoms with Crippen LogP contribution in [0.15, 0.2) is 35.4 Å². The van der Waals surface area contributed by atoms with Crippen LogP contribution in [0, 0.1) is 142 Å². The van der Waals surface area contributed by atoms with E-state index < -0.39 is 123 Å². The zero-order valence-corrected chi connectivity index (χ0v) is 24.9. The maximum absolute atomic E-state index is 15.1. The van der Waals surface area contributed by atoms with E-state index in [1.54, 1.807) is 54.6 Å². The van der Waals surface area contributed by atoms with Crippen LogP contribution in [-0.4, -0.2) is 0 Å². The monoisotopic (exact) mass is 659 g/mol. The predicted octanol–water partition coefficient (Wildman–Crippen LogP) is 5.96. The Balaban J connectivity index is 2.16. The first-order valence-corrected chi connectivity index (χ1v) is 13.6. The van der Waals surface area contributed by atoms with E-state index >= 15 is 4.39 Å². The minimum absolute atomic E-state index is 0.417. The van der Waals surface area contributed by atoms with Crippen LogP contribution in [0.4, 0.5) is 13.2 Å². The van der Waals surface area contributed by atoms with Gasteiger partial charge in [0.2, 0.25) is 0 Å². The highest BCUT2D eigenvalue weighted by molar-refractivity contribution is 6.32. The third kappa shape index (κ3) is 4.50. The van der Waals surface area contributed by atoms with Crippen LogP contribution in [0.2, 0.25) is 0 Å². The Kier molecular flexibility index (Phi) is 8.15. The molecule has 3 aromatic rings. The van der Waals surface area contributed by atoms with Gasteiger partial charge < -0.3 is 0 Å². The van der Waals surface area contributed by atoms with Gasteiger partial charge in [0.05, 0.1) is 51.1 Å². The second kappa shape index (κ2) is 12.5. The summed E-state index contributed by atoms with van der Waals surface area (Å²) in [5, 5.41) is 112. The number of hydrogen-bond acceptors (Lipinski definition) is 11. The molecular weight excluding hydrogens is 655 g/mol. The lowest BCUT2D eigenvalue weighted by molar-refractivity contribution is 0.508. The molecule has 14 heteroatoms. The molecular formula is C37H4F3N11. The molecule has 0 aromatic heterocycles. The molecule has 5 rings (SSSR count). The largest absolute Gasteiger partial charge is 0.206 e. The summed E-state index contributed by atoms with van der Waals surface area (Å²) < 4.78 is 44.1. The van der Waals surface area contributed by atoms with Crippen molar-refractivity contribution < 1.29 is 13.2 Å². The molecule has 2 aliphatic carbocycles. The number of rotatable bonds is 2. The summed E-state index contributed by atoms with van der Waals surface area (Å²) in [6, 6.07) is 21.1. The lowest BCUT2D eigenvalue weighted by Gasteiger charge is -2.16. The average Bonchev–Trinajstić information content (AvgIpc) is 3.65. The Morgan fingerprint density at radius 1 is 0.392 bits per heavy atom. The molecule has 0 bridgehead atoms. The summed E-state index contributed by atoms with van der Waals surface area (Å²) in [5.74, 6) is -4.15. The van der Waals surface area contributed by atoms with Crippen LogP contribution in [0.5, 0.6) is 0 Å². The van der Waals surface area contributed by atoms with E-state index in [2.05, 4.69) is 0 Å². The number of nitriles is 11. The topological polar surface area (TPSA) is 262 Å². The standard InChI is InChI=1S/C37H4F3N11/c38-27-3-21(16(5-41)1-18(27)7-43)32-23(12-48)34-25(14-50)37-31(20(10-46)11-47)33(22-4-29(40)28(39)2-17(22)6-42)24(13-49)35(37)26(15-51)36(34)30(32)19(8-44)9-45/h1-4H. The summed E-state index contributed by atoms with van der Waals surface area (Å²) in [6.07, 6.45) is 0. The van der Waals surface area contributed by atoms with Crippen LogP contribution in [0.3, 0.4) is 0 Å². The quantitative estimate of drug-likeness (QED) is 0.290. The molecule has 0 saturated carbocycles. The maximum atomic E-state index is 15.1. The molecule has 0 atom stereocenters. The van der Waals surface area contributed by atoms with Crippen molar-refractivity contribution in [3.8, 4) is 66.8 Å². The fraction of sp³-hybridized carbons (Fsp3) is 0. The highest BCUT2D eigenvalue weighted by Crippen LogP contribution is 2.58. The number of nitrogens with zero attached hydrogens (tertiary/aromatic N) is 11. The second-order valence-electron chi connectivity index (χ2n) is 10.2. The third-order valence-corrected chi connectivity index (χ3v) is 7.96. The molecule has 0 unspecified atom stereocenters. The van der Waals surface area contributed by atoms with Gasteiger partial charge in [0.15, 0.2) is 11.6 Å². The third-order valence-electron chi connectivity index (χ3n) is 7.96. The van der Waals surface area contributed by atoms with Crippen molar-refractivity contribution in [2.24, 2.45) is 0 Å². The lowest BCUT2D eigenvalue weighted by atomic mass is 9.82. The molecule has 0 spiro atoms. The highest BCUT2D eigenvalue weighted by Gasteiger charge is 2.44. The fourth-order valence-electron chi connectivity index (χ4n) is 6.06. The lowest BCUT2D eigenvalue weighted by Crippen LogP contribution is -2.05. The summed E-state index contributed by atoms with van der Waals surface area (Å²) in [4.78, 5) is 0. The summed E-state index contributed by atoms with van der Waals surface area (Å²) in [5.41, 5.74) is -10.6. The van der Waals surface area contributed by atoms with Crippen LogP contribution in [0.1, 0.15) is 61.2 Å². The normalized spacial score (nSPS) is 11.8. The molecule has 0 aliphatic heterocycles. The molecule has 0 fully saturated rings. The Labute approximate surface area is 285 Å². The molecule has 3 aromatic carbocycles. The summed E-state index contributed by atoms with van der Waals surface area (Å²) in [7, 11) is 0. The minimum Gasteiger partial charge on any atom is -0.206 e. The summed E-state index contributed by atoms with van der Waals surface area (Å²) in [6.45, 7) is 0. The van der Waals surface area contributed by atoms with Crippen molar-refractivity contribution in [3.63, 3.8) is 0 Å². The van der Waals surface area contributed by atoms with Gasteiger partial charge in [-0.2, -0.15) is 57.9 Å². The van der Waals surface area contributed by atoms with Gasteiger partial charge >= 0.3 is 0 Å². The van der Waals surface area contributed by atoms with Gasteiger partial charge in [-0.05, 0) is 24.3 Å². The Morgan fingerprint density at radius 3 is 1.12 bits per heavy atom. The highest BCUT2D eigenvalue weighted by atomic mass is 19.2. The number of hydrogen-bond donors (Lipinski definition) is 0. The van der Waals surface area contributed by atoms with Crippen LogP contribution >= 0.6 is 0 Å². The van der Waals surface area contributed by atoms with E-state index in [9.17, 15) is 66.7 Å². The van der Waals surface area contributed by atoms with Crippen LogP contribution in [0.25, 0.3) is 33.4 Å². The molecule has 2 aliphatic rings. The maximum Gasteiger partial charge on any atom is 0.160 e. The molecule has 0 heterocycles. The van der Waals surface area contributed by atoms with E-state index in [1.165, 1.54) is 0 Å². The Hall–Kier alpha value is -9.20. The van der Waals surface area contributed by atoms with Crippen molar-refractivity contribution in [1.82, 2.24) is 0 Å². The van der Waals surface area contributed by atoms with Crippen molar-refractivity contribution in [1.29, 1.82) is 57.9 Å². The van der Waals surface area contributed by atoms with Gasteiger partial charge in [-0.25, -0.2) is 13.2 Å². The van der Waals surface area contributed by atoms with Gasteiger partial charge in [-0.1, -0.05) is 0 Å². The molecule has 228 valence electrons. The van der Waals surface area contributed by atoms with E-state index in [1.807, 2.05) is 12.1 Å². The van der Waals surface area contributed by atoms with E-state index in [-0.39, 0.29) is 0 Å². The zero-order chi connectivity index (χ0) is 37.3. The second-order valence-corrected chi connectivity index (χ2v) is 10.2. The van der Waals surface area contributed by atoms with Gasteiger partial charge in [-0.15, -0.1) is 0 Å². The first-order chi connectivity index (χ1) is 24.6. The van der Waals surface area contributed by atoms with Gasteiger partial charge in [0.1, 0.15) is 71.6 Å². The Bertz CT molecular complexity index is 2870. The molecule has 11 nitrogen and oxygen atoms in total. The fourth-order valence-corrected chi connectivity index (χ4v) is 6.06. The Morgan fingerprint density at radius 2 is 0.765 bits per heavy atom. The van der Waals surface area contributed by atoms with Gasteiger partial charge in [-0.3, -0.25) is 0 Å². The van der Waals surface area contributed by atoms with Crippen molar-refractivity contribution in [3.05, 3.63) is 114 Å². The molecule has 0 radical (unpaired) electrons. The average molecular weight is 660 g/mol. The first kappa shape index (κ1) is 33.2. The van der Waals surface area contributed by atoms with E-state index in [4.69, 9.17) is 0 Å². The predicted molar refractivity (Wildman–Crippen MR) is 164 cm³/mol. The van der Waals surface area contributed by atoms with Crippen molar-refractivity contribution in [2.75, 3.05) is 0 Å². The van der Waals surface area contributed by atoms with E-state index in [0.29, 0.717) is 18.2 Å². The minimum atomic E-state index is -1.51. The van der Waals surface area contributed by atoms with Crippen LogP contribution < -0.4 is 0 Å². The zero-order valence-electron chi connectivity index (χ0n) is 24.9. The first-order valence-electron chi connectivity index (χ1n) is 13.6. The molecule has 0 amide bonds. The molecule has 0 N–H and O–H groups in total. The number of fused-ring (bicyclic) bond motifs is 2. The summed E-state index contributed by atoms with van der Waals surface area (Å²) >= 11 is 0. The van der Waals surface area contributed by atoms with Crippen molar-refractivity contribution in [2.45, 2.75) is 0 Å².